The van der Waals surface area contributed by atoms with Crippen molar-refractivity contribution in [2.24, 2.45) is 5.41 Å². The van der Waals surface area contributed by atoms with E-state index in [0.717, 1.165) is 0 Å². The summed E-state index contributed by atoms with van der Waals surface area (Å²) in [5.74, 6) is -60.5. The number of aliphatic carboxylic acids is 1. The molecule has 0 aromatic heterocycles. The van der Waals surface area contributed by atoms with Crippen molar-refractivity contribution in [3.8, 4) is 0 Å². The highest BCUT2D eigenvalue weighted by Crippen LogP contribution is 2.66. The standard InChI is InChI=1S/C17H14F17O3.2C3H6O/c1-4-9(7(3)35,5-6(2)8(36)37)10(18,19)11(20,21)12(22,23)13(24,25)14(26,27)15(28,29)16(30,31)17(32,33)34;2*1-3(2)4/h5,7H,4H2,1-3H3,(H,36,37);2*3H,1H2,2H3. The van der Waals surface area contributed by atoms with Gasteiger partial charge in [-0.3, -0.25) is 0 Å². The molecule has 4 atom stereocenters. The number of rotatable bonds is 11. The van der Waals surface area contributed by atoms with E-state index in [1.54, 1.807) is 0 Å². The smallest absolute Gasteiger partial charge is 0.460 e. The zero-order valence-electron chi connectivity index (χ0n) is 23.4. The van der Waals surface area contributed by atoms with Gasteiger partial charge in [0.15, 0.2) is 0 Å². The van der Waals surface area contributed by atoms with Crippen LogP contribution in [-0.2, 0) is 20.1 Å². The molecule has 0 spiro atoms. The molecule has 0 aliphatic rings. The summed E-state index contributed by atoms with van der Waals surface area (Å²) < 4.78 is 230. The zero-order valence-corrected chi connectivity index (χ0v) is 23.4. The normalized spacial score (nSPS) is 16.8. The summed E-state index contributed by atoms with van der Waals surface area (Å²) in [4.78, 5) is 10.8. The molecule has 0 saturated carbocycles. The fraction of sp³-hybridized carbons (Fsp3) is 0.783. The first-order valence-electron chi connectivity index (χ1n) is 11.6. The summed E-state index contributed by atoms with van der Waals surface area (Å²) in [7, 11) is 0. The average molecular weight is 705 g/mol. The Morgan fingerprint density at radius 3 is 1.00 bits per heavy atom. The van der Waals surface area contributed by atoms with E-state index in [1.807, 2.05) is 0 Å². The lowest BCUT2D eigenvalue weighted by Gasteiger charge is -2.47. The number of halogens is 17. The maximum atomic E-state index is 14.8. The molecule has 0 heterocycles. The molecule has 0 aromatic rings. The fourth-order valence-electron chi connectivity index (χ4n) is 2.98. The Morgan fingerprint density at radius 1 is 0.600 bits per heavy atom. The molecule has 0 rings (SSSR count). The van der Waals surface area contributed by atoms with Crippen molar-refractivity contribution < 1.29 is 99.9 Å². The highest BCUT2D eigenvalue weighted by atomic mass is 19.4. The molecular formula is C23H26F17O5. The van der Waals surface area contributed by atoms with E-state index >= 15 is 0 Å². The Hall–Kier alpha value is -2.10. The molecule has 0 aliphatic carbocycles. The minimum Gasteiger partial charge on any atom is -0.478 e. The first-order chi connectivity index (χ1) is 19.3. The first kappa shape index (κ1) is 47.3. The molecular weight excluding hydrogens is 679 g/mol. The summed E-state index contributed by atoms with van der Waals surface area (Å²) in [6.07, 6.45) is -15.0. The Balaban J connectivity index is -0.00000195. The average Bonchev–Trinajstić information content (AvgIpc) is 2.79. The highest BCUT2D eigenvalue weighted by molar-refractivity contribution is 5.86. The van der Waals surface area contributed by atoms with Crippen molar-refractivity contribution in [1.29, 1.82) is 0 Å². The molecule has 5 nitrogen and oxygen atoms in total. The predicted octanol–water partition coefficient (Wildman–Crippen LogP) is 8.52. The Labute approximate surface area is 244 Å². The van der Waals surface area contributed by atoms with Gasteiger partial charge in [0, 0.05) is 5.57 Å². The summed E-state index contributed by atoms with van der Waals surface area (Å²) in [5, 5.41) is 39.4. The number of carbonyl (C=O) groups is 1. The molecule has 45 heavy (non-hydrogen) atoms. The molecule has 4 unspecified atom stereocenters. The molecule has 267 valence electrons. The van der Waals surface area contributed by atoms with E-state index in [0.29, 0.717) is 13.8 Å². The van der Waals surface area contributed by atoms with Crippen LogP contribution < -0.4 is 0 Å². The van der Waals surface area contributed by atoms with Crippen molar-refractivity contribution in [3.05, 3.63) is 25.5 Å². The lowest BCUT2D eigenvalue weighted by Crippen LogP contribution is -2.76. The SMILES string of the molecule is CCC(C=C(C)C(=O)O)(C(C)[O])C(F)(F)C(F)(F)C(F)(F)C(F)(F)C(F)(F)C(F)(F)C(F)(F)C(F)(F)F.[CH2]C(C)[O].[CH2]C(C)[O]. The lowest BCUT2D eigenvalue weighted by atomic mass is 9.69. The first-order valence-corrected chi connectivity index (χ1v) is 11.6. The topological polar surface area (TPSA) is 97.0 Å². The monoisotopic (exact) mass is 705 g/mol. The second kappa shape index (κ2) is 14.8. The molecule has 22 heteroatoms. The number of hydrogen-bond acceptors (Lipinski definition) is 1. The van der Waals surface area contributed by atoms with Crippen LogP contribution in [-0.4, -0.2) is 77.0 Å². The molecule has 1 N–H and O–H groups in total. The van der Waals surface area contributed by atoms with Crippen molar-refractivity contribution in [3.63, 3.8) is 0 Å². The molecule has 0 amide bonds. The van der Waals surface area contributed by atoms with Crippen LogP contribution in [0.3, 0.4) is 0 Å². The van der Waals surface area contributed by atoms with Crippen LogP contribution in [0.2, 0.25) is 0 Å². The number of carboxylic acid groups (broad SMARTS) is 1. The third-order valence-corrected chi connectivity index (χ3v) is 5.43. The van der Waals surface area contributed by atoms with E-state index in [1.165, 1.54) is 13.8 Å². The van der Waals surface area contributed by atoms with Crippen LogP contribution in [0, 0.1) is 19.3 Å². The van der Waals surface area contributed by atoms with Crippen LogP contribution in [0.5, 0.6) is 0 Å². The van der Waals surface area contributed by atoms with Gasteiger partial charge < -0.3 is 5.11 Å². The maximum Gasteiger partial charge on any atom is 0.460 e. The van der Waals surface area contributed by atoms with Crippen molar-refractivity contribution in [1.82, 2.24) is 0 Å². The van der Waals surface area contributed by atoms with Gasteiger partial charge in [0.1, 0.15) is 6.10 Å². The van der Waals surface area contributed by atoms with Crippen LogP contribution in [0.4, 0.5) is 74.6 Å². The number of alkyl halides is 17. The quantitative estimate of drug-likeness (QED) is 0.172. The third kappa shape index (κ3) is 8.63. The predicted molar refractivity (Wildman–Crippen MR) is 116 cm³/mol. The van der Waals surface area contributed by atoms with Gasteiger partial charge in [0.25, 0.3) is 0 Å². The highest BCUT2D eigenvalue weighted by Gasteiger charge is 2.96. The summed E-state index contributed by atoms with van der Waals surface area (Å²) in [5.41, 5.74) is -5.97. The molecule has 0 aliphatic heterocycles. The van der Waals surface area contributed by atoms with Crippen LogP contribution >= 0.6 is 0 Å². The zero-order chi connectivity index (χ0) is 37.8. The second-order valence-corrected chi connectivity index (χ2v) is 9.31. The minimum absolute atomic E-state index is 0.0257. The van der Waals surface area contributed by atoms with E-state index < -0.39 is 95.4 Å². The lowest BCUT2D eigenvalue weighted by molar-refractivity contribution is -0.466. The van der Waals surface area contributed by atoms with Crippen LogP contribution in [0.25, 0.3) is 0 Å². The molecule has 0 saturated heterocycles. The summed E-state index contributed by atoms with van der Waals surface area (Å²) in [6.45, 7) is 9.74. The number of hydrogen-bond donors (Lipinski definition) is 1. The minimum atomic E-state index is -8.80. The third-order valence-electron chi connectivity index (χ3n) is 5.43. The largest absolute Gasteiger partial charge is 0.478 e. The van der Waals surface area contributed by atoms with Crippen molar-refractivity contribution in [2.45, 2.75) is 107 Å². The summed E-state index contributed by atoms with van der Waals surface area (Å²) in [6, 6.07) is 0. The van der Waals surface area contributed by atoms with Gasteiger partial charge >= 0.3 is 53.6 Å². The van der Waals surface area contributed by atoms with E-state index in [2.05, 4.69) is 13.8 Å². The van der Waals surface area contributed by atoms with Gasteiger partial charge in [-0.05, 0) is 48.0 Å². The van der Waals surface area contributed by atoms with Gasteiger partial charge in [-0.15, -0.1) is 0 Å². The Kier molecular flexibility index (Phi) is 15.5. The number of carboxylic acids is 1. The van der Waals surface area contributed by atoms with Gasteiger partial charge in [-0.2, -0.15) is 74.6 Å². The second-order valence-electron chi connectivity index (χ2n) is 9.31. The van der Waals surface area contributed by atoms with Gasteiger partial charge in [0.05, 0.1) is 17.6 Å². The molecule has 0 bridgehead atoms. The molecule has 5 radical (unpaired) electrons. The van der Waals surface area contributed by atoms with Crippen molar-refractivity contribution >= 4 is 5.97 Å². The Morgan fingerprint density at radius 2 is 0.822 bits per heavy atom. The molecule has 0 fully saturated rings. The molecule has 0 aromatic carbocycles. The Bertz CT molecular complexity index is 977. The van der Waals surface area contributed by atoms with E-state index in [-0.39, 0.29) is 6.92 Å². The van der Waals surface area contributed by atoms with Gasteiger partial charge in [-0.25, -0.2) is 20.1 Å². The fourth-order valence-corrected chi connectivity index (χ4v) is 2.98. The van der Waals surface area contributed by atoms with E-state index in [4.69, 9.17) is 5.11 Å². The maximum absolute atomic E-state index is 14.8. The van der Waals surface area contributed by atoms with Crippen LogP contribution in [0.1, 0.15) is 41.0 Å². The summed E-state index contributed by atoms with van der Waals surface area (Å²) >= 11 is 0. The van der Waals surface area contributed by atoms with Crippen molar-refractivity contribution in [2.75, 3.05) is 0 Å². The van der Waals surface area contributed by atoms with Gasteiger partial charge in [0.2, 0.25) is 0 Å². The van der Waals surface area contributed by atoms with E-state index in [9.17, 15) is 94.8 Å². The van der Waals surface area contributed by atoms with Crippen LogP contribution in [0.15, 0.2) is 11.6 Å². The van der Waals surface area contributed by atoms with Gasteiger partial charge in [-0.1, -0.05) is 13.0 Å².